The van der Waals surface area contributed by atoms with E-state index in [-0.39, 0.29) is 34.8 Å². The zero-order chi connectivity index (χ0) is 33.7. The van der Waals surface area contributed by atoms with Crippen molar-refractivity contribution >= 4 is 29.5 Å². The third-order valence-electron chi connectivity index (χ3n) is 12.6. The van der Waals surface area contributed by atoms with Crippen LogP contribution in [-0.4, -0.2) is 65.0 Å². The summed E-state index contributed by atoms with van der Waals surface area (Å²) in [5.74, 6) is -0.160. The highest BCUT2D eigenvalue weighted by molar-refractivity contribution is 6.30. The Hall–Kier alpha value is -3.10. The minimum Gasteiger partial charge on any atom is -0.447 e. The SMILES string of the molecule is CC1(C)COC(=O)N1CC1(C2CCCCC2)CCN(C(=O)C2(NC(=O)C3CCCc4ccccc4C3N)CC2c2ccc(Cl)cc2)CC1. The Balaban J connectivity index is 1.13. The summed E-state index contributed by atoms with van der Waals surface area (Å²) in [4.78, 5) is 45.8. The number of rotatable bonds is 7. The van der Waals surface area contributed by atoms with E-state index in [4.69, 9.17) is 22.1 Å². The molecule has 0 radical (unpaired) electrons. The smallest absolute Gasteiger partial charge is 0.410 e. The van der Waals surface area contributed by atoms with Crippen LogP contribution in [0.3, 0.4) is 0 Å². The van der Waals surface area contributed by atoms with Crippen molar-refractivity contribution in [1.29, 1.82) is 0 Å². The third-order valence-corrected chi connectivity index (χ3v) is 12.8. The van der Waals surface area contributed by atoms with E-state index in [1.165, 1.54) is 37.7 Å². The molecule has 258 valence electrons. The van der Waals surface area contributed by atoms with Crippen LogP contribution in [0.15, 0.2) is 48.5 Å². The van der Waals surface area contributed by atoms with Gasteiger partial charge in [-0.1, -0.05) is 67.3 Å². The molecular weight excluding hydrogens is 624 g/mol. The van der Waals surface area contributed by atoms with Crippen LogP contribution in [-0.2, 0) is 20.7 Å². The number of carbonyl (C=O) groups is 3. The number of halogens is 1. The molecule has 0 bridgehead atoms. The van der Waals surface area contributed by atoms with Gasteiger partial charge in [0.05, 0.1) is 11.5 Å². The molecule has 3 N–H and O–H groups in total. The third kappa shape index (κ3) is 6.12. The molecule has 2 heterocycles. The quantitative estimate of drug-likeness (QED) is 0.316. The van der Waals surface area contributed by atoms with Crippen LogP contribution in [0, 0.1) is 17.3 Å². The summed E-state index contributed by atoms with van der Waals surface area (Å²) in [6.45, 7) is 6.46. The molecule has 5 aliphatic rings. The highest BCUT2D eigenvalue weighted by Gasteiger charge is 2.64. The number of fused-ring (bicyclic) bond motifs is 1. The standard InChI is InChI=1S/C39H51ClN4O4/c1-37(2)25-48-36(47)44(37)24-38(28-11-4-3-5-12-28)19-21-43(22-20-38)35(46)39(23-32(39)27-15-17-29(40)18-16-27)42-34(45)31-14-8-10-26-9-6-7-13-30(26)33(31)41/h6-7,9,13,15-18,28,31-33H,3-5,8,10-12,14,19-25,41H2,1-2H3,(H,42,45). The summed E-state index contributed by atoms with van der Waals surface area (Å²) in [5, 5.41) is 3.98. The van der Waals surface area contributed by atoms with Gasteiger partial charge in [-0.05, 0) is 105 Å². The zero-order valence-corrected chi connectivity index (χ0v) is 29.3. The summed E-state index contributed by atoms with van der Waals surface area (Å²) in [6.07, 6.45) is 10.5. The second-order valence-corrected chi connectivity index (χ2v) is 16.4. The topological polar surface area (TPSA) is 105 Å². The predicted octanol–water partition coefficient (Wildman–Crippen LogP) is 6.75. The number of nitrogens with zero attached hydrogens (tertiary/aromatic N) is 2. The predicted molar refractivity (Wildman–Crippen MR) is 186 cm³/mol. The van der Waals surface area contributed by atoms with Gasteiger partial charge >= 0.3 is 6.09 Å². The highest BCUT2D eigenvalue weighted by atomic mass is 35.5. The van der Waals surface area contributed by atoms with Gasteiger partial charge < -0.3 is 20.7 Å². The number of ether oxygens (including phenoxy) is 1. The number of cyclic esters (lactones) is 1. The van der Waals surface area contributed by atoms with E-state index in [2.05, 4.69) is 25.2 Å². The molecule has 0 aromatic heterocycles. The number of nitrogens with two attached hydrogens (primary N) is 1. The molecule has 2 saturated heterocycles. The van der Waals surface area contributed by atoms with Gasteiger partial charge in [-0.2, -0.15) is 0 Å². The molecule has 2 aliphatic heterocycles. The molecule has 4 unspecified atom stereocenters. The maximum absolute atomic E-state index is 14.8. The Morgan fingerprint density at radius 2 is 1.69 bits per heavy atom. The van der Waals surface area contributed by atoms with E-state index in [9.17, 15) is 14.4 Å². The second kappa shape index (κ2) is 13.0. The molecule has 8 nitrogen and oxygen atoms in total. The number of benzene rings is 2. The van der Waals surface area contributed by atoms with Crippen molar-refractivity contribution in [2.75, 3.05) is 26.2 Å². The maximum Gasteiger partial charge on any atom is 0.410 e. The van der Waals surface area contributed by atoms with Crippen molar-refractivity contribution in [3.63, 3.8) is 0 Å². The Labute approximate surface area is 290 Å². The molecule has 9 heteroatoms. The van der Waals surface area contributed by atoms with Crippen LogP contribution in [0.2, 0.25) is 5.02 Å². The Bertz CT molecular complexity index is 1530. The first-order valence-corrected chi connectivity index (χ1v) is 18.6. The lowest BCUT2D eigenvalue weighted by Gasteiger charge is -2.51. The molecule has 4 fully saturated rings. The van der Waals surface area contributed by atoms with Crippen molar-refractivity contribution in [2.45, 2.75) is 108 Å². The van der Waals surface area contributed by atoms with E-state index in [1.807, 2.05) is 52.3 Å². The molecule has 3 amide bonds. The molecule has 3 aliphatic carbocycles. The molecule has 2 saturated carbocycles. The van der Waals surface area contributed by atoms with Gasteiger partial charge in [-0.25, -0.2) is 4.79 Å². The van der Waals surface area contributed by atoms with E-state index in [1.54, 1.807) is 0 Å². The molecule has 2 aromatic rings. The van der Waals surface area contributed by atoms with Gasteiger partial charge in [0.1, 0.15) is 12.1 Å². The largest absolute Gasteiger partial charge is 0.447 e. The number of hydrogen-bond acceptors (Lipinski definition) is 5. The molecule has 48 heavy (non-hydrogen) atoms. The van der Waals surface area contributed by atoms with Crippen LogP contribution >= 0.6 is 11.6 Å². The number of amides is 3. The Morgan fingerprint density at radius 1 is 0.979 bits per heavy atom. The van der Waals surface area contributed by atoms with E-state index >= 15 is 0 Å². The fraction of sp³-hybridized carbons (Fsp3) is 0.615. The monoisotopic (exact) mass is 674 g/mol. The van der Waals surface area contributed by atoms with Gasteiger partial charge in [0.2, 0.25) is 11.8 Å². The van der Waals surface area contributed by atoms with Gasteiger partial charge in [0.15, 0.2) is 0 Å². The first-order chi connectivity index (χ1) is 23.0. The summed E-state index contributed by atoms with van der Waals surface area (Å²) in [7, 11) is 0. The number of likely N-dealkylation sites (tertiary alicyclic amines) is 1. The van der Waals surface area contributed by atoms with Crippen LogP contribution < -0.4 is 11.1 Å². The van der Waals surface area contributed by atoms with Crippen molar-refractivity contribution in [3.8, 4) is 0 Å². The van der Waals surface area contributed by atoms with E-state index in [0.29, 0.717) is 50.0 Å². The number of aryl methyl sites for hydroxylation is 1. The van der Waals surface area contributed by atoms with Gasteiger partial charge in [0.25, 0.3) is 0 Å². The molecule has 0 spiro atoms. The van der Waals surface area contributed by atoms with Gasteiger partial charge in [-0.3, -0.25) is 14.5 Å². The van der Waals surface area contributed by atoms with Gasteiger partial charge in [-0.15, -0.1) is 0 Å². The minimum absolute atomic E-state index is 0.00319. The lowest BCUT2D eigenvalue weighted by Crippen LogP contribution is -2.59. The molecule has 2 aromatic carbocycles. The number of carbonyl (C=O) groups excluding carboxylic acids is 3. The first-order valence-electron chi connectivity index (χ1n) is 18.2. The van der Waals surface area contributed by atoms with E-state index in [0.717, 1.165) is 36.8 Å². The second-order valence-electron chi connectivity index (χ2n) is 15.9. The van der Waals surface area contributed by atoms with Crippen molar-refractivity contribution < 1.29 is 19.1 Å². The van der Waals surface area contributed by atoms with Crippen molar-refractivity contribution in [3.05, 3.63) is 70.2 Å². The zero-order valence-electron chi connectivity index (χ0n) is 28.5. The number of nitrogens with one attached hydrogen (secondary N) is 1. The normalized spacial score (nSPS) is 29.8. The van der Waals surface area contributed by atoms with Crippen LogP contribution in [0.4, 0.5) is 4.79 Å². The summed E-state index contributed by atoms with van der Waals surface area (Å²) in [6, 6.07) is 15.4. The van der Waals surface area contributed by atoms with Crippen LogP contribution in [0.5, 0.6) is 0 Å². The lowest BCUT2D eigenvalue weighted by molar-refractivity contribution is -0.142. The summed E-state index contributed by atoms with van der Waals surface area (Å²) < 4.78 is 5.51. The van der Waals surface area contributed by atoms with Gasteiger partial charge in [0, 0.05) is 36.6 Å². The van der Waals surface area contributed by atoms with Crippen molar-refractivity contribution in [2.24, 2.45) is 23.0 Å². The Morgan fingerprint density at radius 3 is 2.38 bits per heavy atom. The first kappa shape index (κ1) is 33.4. The molecular formula is C39H51ClN4O4. The number of piperidine rings is 1. The average Bonchev–Trinajstić information content (AvgIpc) is 3.80. The Kier molecular flexibility index (Phi) is 9.03. The average molecular weight is 675 g/mol. The lowest BCUT2D eigenvalue weighted by atomic mass is 9.63. The number of hydrogen-bond donors (Lipinski definition) is 2. The minimum atomic E-state index is -1.01. The van der Waals surface area contributed by atoms with Crippen LogP contribution in [0.1, 0.15) is 107 Å². The highest BCUT2D eigenvalue weighted by Crippen LogP contribution is 2.55. The molecule has 7 rings (SSSR count). The fourth-order valence-corrected chi connectivity index (χ4v) is 9.60. The summed E-state index contributed by atoms with van der Waals surface area (Å²) >= 11 is 6.24. The fourth-order valence-electron chi connectivity index (χ4n) is 9.47. The van der Waals surface area contributed by atoms with E-state index < -0.39 is 17.5 Å². The molecule has 4 atom stereocenters. The van der Waals surface area contributed by atoms with Crippen molar-refractivity contribution in [1.82, 2.24) is 15.1 Å². The van der Waals surface area contributed by atoms with Crippen LogP contribution in [0.25, 0.3) is 0 Å². The maximum atomic E-state index is 14.8. The summed E-state index contributed by atoms with van der Waals surface area (Å²) in [5.41, 5.74) is 8.62.